The molecule has 0 spiro atoms. The molecule has 108 valence electrons. The fourth-order valence-electron chi connectivity index (χ4n) is 3.69. The molecule has 1 saturated carbocycles. The minimum atomic E-state index is -0.208. The van der Waals surface area contributed by atoms with Crippen LogP contribution in [0, 0.1) is 17.8 Å². The van der Waals surface area contributed by atoms with E-state index < -0.39 is 0 Å². The SMILES string of the molecule is CC1CCC2C(CO)=COC(OC3CCCCO3)[C@H]12. The van der Waals surface area contributed by atoms with Crippen LogP contribution in [0.3, 0.4) is 0 Å². The van der Waals surface area contributed by atoms with Gasteiger partial charge in [0.2, 0.25) is 6.29 Å². The van der Waals surface area contributed by atoms with E-state index in [1.807, 2.05) is 0 Å². The van der Waals surface area contributed by atoms with Crippen molar-refractivity contribution in [3.63, 3.8) is 0 Å². The summed E-state index contributed by atoms with van der Waals surface area (Å²) < 4.78 is 17.4. The summed E-state index contributed by atoms with van der Waals surface area (Å²) in [4.78, 5) is 0. The second-order valence-electron chi connectivity index (χ2n) is 6.03. The topological polar surface area (TPSA) is 47.9 Å². The molecule has 1 saturated heterocycles. The normalized spacial score (nSPS) is 42.4. The molecular weight excluding hydrogens is 244 g/mol. The first-order valence-corrected chi connectivity index (χ1v) is 7.52. The molecule has 3 aliphatic rings. The van der Waals surface area contributed by atoms with Crippen molar-refractivity contribution in [2.24, 2.45) is 17.8 Å². The first-order valence-electron chi connectivity index (χ1n) is 7.52. The summed E-state index contributed by atoms with van der Waals surface area (Å²) in [6.45, 7) is 3.14. The van der Waals surface area contributed by atoms with E-state index >= 15 is 0 Å². The quantitative estimate of drug-likeness (QED) is 0.854. The molecule has 2 aliphatic heterocycles. The van der Waals surface area contributed by atoms with Gasteiger partial charge in [-0.3, -0.25) is 0 Å². The van der Waals surface area contributed by atoms with Crippen molar-refractivity contribution in [1.82, 2.24) is 0 Å². The van der Waals surface area contributed by atoms with E-state index in [9.17, 15) is 5.11 Å². The molecule has 4 nitrogen and oxygen atoms in total. The molecule has 1 aliphatic carbocycles. The molecule has 2 fully saturated rings. The minimum Gasteiger partial charge on any atom is -0.472 e. The zero-order valence-corrected chi connectivity index (χ0v) is 11.6. The maximum atomic E-state index is 9.42. The molecule has 0 aromatic rings. The van der Waals surface area contributed by atoms with E-state index in [1.165, 1.54) is 12.8 Å². The number of ether oxygens (including phenoxy) is 3. The summed E-state index contributed by atoms with van der Waals surface area (Å²) in [7, 11) is 0. The molecule has 2 heterocycles. The van der Waals surface area contributed by atoms with Crippen molar-refractivity contribution in [3.05, 3.63) is 11.8 Å². The molecule has 0 aromatic carbocycles. The van der Waals surface area contributed by atoms with Gasteiger partial charge in [0, 0.05) is 12.5 Å². The van der Waals surface area contributed by atoms with Gasteiger partial charge in [-0.2, -0.15) is 0 Å². The minimum absolute atomic E-state index is 0.0978. The van der Waals surface area contributed by atoms with E-state index in [0.29, 0.717) is 17.8 Å². The van der Waals surface area contributed by atoms with Crippen LogP contribution in [0.5, 0.6) is 0 Å². The number of aliphatic hydroxyl groups is 1. The van der Waals surface area contributed by atoms with E-state index in [0.717, 1.165) is 31.4 Å². The lowest BCUT2D eigenvalue weighted by Gasteiger charge is -2.37. The van der Waals surface area contributed by atoms with E-state index in [-0.39, 0.29) is 19.2 Å². The molecule has 0 amide bonds. The molecule has 0 aromatic heterocycles. The third-order valence-corrected chi connectivity index (χ3v) is 4.81. The maximum Gasteiger partial charge on any atom is 0.205 e. The van der Waals surface area contributed by atoms with Gasteiger partial charge < -0.3 is 19.3 Å². The highest BCUT2D eigenvalue weighted by Crippen LogP contribution is 2.46. The first-order chi connectivity index (χ1) is 9.29. The van der Waals surface area contributed by atoms with Crippen LogP contribution in [0.25, 0.3) is 0 Å². The third-order valence-electron chi connectivity index (χ3n) is 4.81. The Morgan fingerprint density at radius 1 is 1.32 bits per heavy atom. The number of fused-ring (bicyclic) bond motifs is 1. The zero-order chi connectivity index (χ0) is 13.2. The van der Waals surface area contributed by atoms with Crippen LogP contribution in [0.1, 0.15) is 39.0 Å². The molecule has 1 N–H and O–H groups in total. The van der Waals surface area contributed by atoms with Gasteiger partial charge in [0.25, 0.3) is 0 Å². The fraction of sp³-hybridized carbons (Fsp3) is 0.867. The summed E-state index contributed by atoms with van der Waals surface area (Å²) in [5.74, 6) is 1.36. The van der Waals surface area contributed by atoms with Gasteiger partial charge in [-0.1, -0.05) is 6.92 Å². The Hall–Kier alpha value is -0.580. The van der Waals surface area contributed by atoms with Gasteiger partial charge in [-0.25, -0.2) is 0 Å². The summed E-state index contributed by atoms with van der Waals surface area (Å²) in [6, 6.07) is 0. The summed E-state index contributed by atoms with van der Waals surface area (Å²) in [5.41, 5.74) is 1.03. The predicted octanol–water partition coefficient (Wildman–Crippen LogP) is 2.42. The van der Waals surface area contributed by atoms with Crippen LogP contribution in [0.15, 0.2) is 11.8 Å². The molecule has 4 unspecified atom stereocenters. The van der Waals surface area contributed by atoms with E-state index in [2.05, 4.69) is 6.92 Å². The van der Waals surface area contributed by atoms with Crippen LogP contribution in [0.4, 0.5) is 0 Å². The van der Waals surface area contributed by atoms with Crippen LogP contribution < -0.4 is 0 Å². The highest BCUT2D eigenvalue weighted by Gasteiger charge is 2.45. The fourth-order valence-corrected chi connectivity index (χ4v) is 3.69. The van der Waals surface area contributed by atoms with Gasteiger partial charge >= 0.3 is 0 Å². The van der Waals surface area contributed by atoms with Crippen molar-refractivity contribution >= 4 is 0 Å². The van der Waals surface area contributed by atoms with Crippen molar-refractivity contribution in [1.29, 1.82) is 0 Å². The number of hydrogen-bond donors (Lipinski definition) is 1. The predicted molar refractivity (Wildman–Crippen MR) is 70.1 cm³/mol. The third kappa shape index (κ3) is 2.67. The lowest BCUT2D eigenvalue weighted by atomic mass is 9.84. The van der Waals surface area contributed by atoms with E-state index in [4.69, 9.17) is 14.2 Å². The first kappa shape index (κ1) is 13.4. The van der Waals surface area contributed by atoms with Crippen LogP contribution in [0.2, 0.25) is 0 Å². The molecule has 19 heavy (non-hydrogen) atoms. The summed E-state index contributed by atoms with van der Waals surface area (Å²) in [5, 5.41) is 9.42. The molecule has 3 rings (SSSR count). The Morgan fingerprint density at radius 2 is 2.21 bits per heavy atom. The zero-order valence-electron chi connectivity index (χ0n) is 11.6. The average Bonchev–Trinajstić information content (AvgIpc) is 2.83. The monoisotopic (exact) mass is 268 g/mol. The summed E-state index contributed by atoms with van der Waals surface area (Å²) >= 11 is 0. The number of rotatable bonds is 3. The smallest absolute Gasteiger partial charge is 0.205 e. The Morgan fingerprint density at radius 3 is 2.95 bits per heavy atom. The van der Waals surface area contributed by atoms with Gasteiger partial charge in [-0.15, -0.1) is 0 Å². The molecule has 0 bridgehead atoms. The van der Waals surface area contributed by atoms with Gasteiger partial charge in [0.1, 0.15) is 0 Å². The molecule has 4 heteroatoms. The Kier molecular flexibility index (Phi) is 4.10. The van der Waals surface area contributed by atoms with Crippen molar-refractivity contribution < 1.29 is 19.3 Å². The van der Waals surface area contributed by atoms with Gasteiger partial charge in [-0.05, 0) is 49.5 Å². The van der Waals surface area contributed by atoms with Crippen LogP contribution in [-0.2, 0) is 14.2 Å². The maximum absolute atomic E-state index is 9.42. The van der Waals surface area contributed by atoms with Gasteiger partial charge in [0.15, 0.2) is 6.29 Å². The Labute approximate surface area is 114 Å². The molecular formula is C15H24O4. The van der Waals surface area contributed by atoms with Crippen molar-refractivity contribution in [3.8, 4) is 0 Å². The molecule has 0 radical (unpaired) electrons. The Balaban J connectivity index is 1.69. The number of aliphatic hydroxyl groups excluding tert-OH is 1. The summed E-state index contributed by atoms with van der Waals surface area (Å²) in [6.07, 6.45) is 6.96. The lowest BCUT2D eigenvalue weighted by Crippen LogP contribution is -2.40. The largest absolute Gasteiger partial charge is 0.472 e. The van der Waals surface area contributed by atoms with Crippen LogP contribution >= 0.6 is 0 Å². The van der Waals surface area contributed by atoms with Crippen molar-refractivity contribution in [2.45, 2.75) is 51.6 Å². The van der Waals surface area contributed by atoms with E-state index in [1.54, 1.807) is 6.26 Å². The lowest BCUT2D eigenvalue weighted by molar-refractivity contribution is -0.267. The van der Waals surface area contributed by atoms with Gasteiger partial charge in [0.05, 0.1) is 12.9 Å². The standard InChI is InChI=1S/C15H24O4/c1-10-5-6-12-11(8-16)9-18-15(14(10)12)19-13-4-2-3-7-17-13/h9-10,12-16H,2-8H2,1H3/t10?,12?,13?,14-,15?/m1/s1. The highest BCUT2D eigenvalue weighted by atomic mass is 16.8. The molecule has 5 atom stereocenters. The Bertz CT molecular complexity index is 335. The second kappa shape index (κ2) is 5.81. The highest BCUT2D eigenvalue weighted by molar-refractivity contribution is 5.12. The van der Waals surface area contributed by atoms with Crippen molar-refractivity contribution in [2.75, 3.05) is 13.2 Å². The number of hydrogen-bond acceptors (Lipinski definition) is 4. The van der Waals surface area contributed by atoms with Crippen LogP contribution in [-0.4, -0.2) is 30.9 Å². The average molecular weight is 268 g/mol. The second-order valence-corrected chi connectivity index (χ2v) is 6.03.